The molecule has 0 saturated heterocycles. The lowest BCUT2D eigenvalue weighted by atomic mass is 10.2. The van der Waals surface area contributed by atoms with Crippen LogP contribution >= 0.6 is 34.5 Å². The van der Waals surface area contributed by atoms with Gasteiger partial charge in [-0.2, -0.15) is 0 Å². The summed E-state index contributed by atoms with van der Waals surface area (Å²) in [7, 11) is 0. The summed E-state index contributed by atoms with van der Waals surface area (Å²) in [5.41, 5.74) is 2.24. The molecule has 4 nitrogen and oxygen atoms in total. The van der Waals surface area contributed by atoms with E-state index in [9.17, 15) is 4.79 Å². The number of nitrogens with zero attached hydrogens (tertiary/aromatic N) is 2. The van der Waals surface area contributed by atoms with Crippen molar-refractivity contribution < 1.29 is 4.79 Å². The fourth-order valence-corrected chi connectivity index (χ4v) is 3.56. The molecule has 7 heteroatoms. The van der Waals surface area contributed by atoms with Crippen molar-refractivity contribution in [1.82, 2.24) is 15.3 Å². The van der Waals surface area contributed by atoms with E-state index >= 15 is 0 Å². The molecule has 0 radical (unpaired) electrons. The van der Waals surface area contributed by atoms with Crippen LogP contribution < -0.4 is 5.32 Å². The Morgan fingerprint density at radius 1 is 1.25 bits per heavy atom. The molecule has 2 aromatic heterocycles. The van der Waals surface area contributed by atoms with Gasteiger partial charge in [-0.05, 0) is 36.8 Å². The minimum atomic E-state index is -0.182. The molecule has 24 heavy (non-hydrogen) atoms. The lowest BCUT2D eigenvalue weighted by molar-refractivity contribution is 0.0954. The van der Waals surface area contributed by atoms with E-state index < -0.39 is 0 Å². The highest BCUT2D eigenvalue weighted by Crippen LogP contribution is 2.26. The average Bonchev–Trinajstić information content (AvgIpc) is 2.96. The first-order valence-electron chi connectivity index (χ1n) is 7.15. The fourth-order valence-electron chi connectivity index (χ4n) is 2.13. The van der Waals surface area contributed by atoms with E-state index in [1.807, 2.05) is 25.1 Å². The summed E-state index contributed by atoms with van der Waals surface area (Å²) in [6.07, 6.45) is 1.70. The number of halogens is 2. The Hall–Kier alpha value is -1.95. The highest BCUT2D eigenvalue weighted by molar-refractivity contribution is 7.17. The van der Waals surface area contributed by atoms with Crippen LogP contribution in [0.1, 0.15) is 20.9 Å². The summed E-state index contributed by atoms with van der Waals surface area (Å²) >= 11 is 13.3. The monoisotopic (exact) mass is 377 g/mol. The number of carbonyl (C=O) groups is 1. The lowest BCUT2D eigenvalue weighted by Crippen LogP contribution is -2.22. The third-order valence-corrected chi connectivity index (χ3v) is 5.11. The number of aromatic nitrogens is 2. The van der Waals surface area contributed by atoms with Gasteiger partial charge in [-0.3, -0.25) is 9.78 Å². The largest absolute Gasteiger partial charge is 0.347 e. The van der Waals surface area contributed by atoms with E-state index in [2.05, 4.69) is 15.3 Å². The summed E-state index contributed by atoms with van der Waals surface area (Å²) in [5, 5.41) is 4.68. The van der Waals surface area contributed by atoms with Crippen LogP contribution in [-0.2, 0) is 6.54 Å². The van der Waals surface area contributed by atoms with Crippen molar-refractivity contribution in [3.63, 3.8) is 0 Å². The summed E-state index contributed by atoms with van der Waals surface area (Å²) in [4.78, 5) is 21.7. The zero-order chi connectivity index (χ0) is 17.1. The molecule has 3 rings (SSSR count). The molecule has 1 N–H and O–H groups in total. The van der Waals surface area contributed by atoms with E-state index in [4.69, 9.17) is 23.2 Å². The van der Waals surface area contributed by atoms with Crippen molar-refractivity contribution in [3.8, 4) is 10.7 Å². The molecule has 0 spiro atoms. The average molecular weight is 378 g/mol. The number of aryl methyl sites for hydroxylation is 1. The molecular formula is C17H13Cl2N3OS. The SMILES string of the molecule is Cc1nc(-c2ccccn2)sc1C(=O)NCc1ccc(Cl)cc1Cl. The zero-order valence-corrected chi connectivity index (χ0v) is 15.0. The van der Waals surface area contributed by atoms with Crippen LogP contribution in [0.5, 0.6) is 0 Å². The molecule has 0 aliphatic rings. The number of hydrogen-bond donors (Lipinski definition) is 1. The van der Waals surface area contributed by atoms with Crippen LogP contribution in [0.4, 0.5) is 0 Å². The summed E-state index contributed by atoms with van der Waals surface area (Å²) in [6.45, 7) is 2.14. The maximum atomic E-state index is 12.4. The first kappa shape index (κ1) is 16.9. The van der Waals surface area contributed by atoms with E-state index in [0.29, 0.717) is 27.2 Å². The second-order valence-corrected chi connectivity index (χ2v) is 6.91. The van der Waals surface area contributed by atoms with Gasteiger partial charge in [0, 0.05) is 22.8 Å². The third kappa shape index (κ3) is 3.75. The quantitative estimate of drug-likeness (QED) is 0.713. The van der Waals surface area contributed by atoms with E-state index in [0.717, 1.165) is 16.3 Å². The Morgan fingerprint density at radius 3 is 2.79 bits per heavy atom. The zero-order valence-electron chi connectivity index (χ0n) is 12.7. The first-order chi connectivity index (χ1) is 11.5. The van der Waals surface area contributed by atoms with Gasteiger partial charge in [0.15, 0.2) is 0 Å². The van der Waals surface area contributed by atoms with Crippen molar-refractivity contribution >= 4 is 40.4 Å². The highest BCUT2D eigenvalue weighted by Gasteiger charge is 2.16. The predicted octanol–water partition coefficient (Wildman–Crippen LogP) is 4.75. The Bertz CT molecular complexity index is 881. The van der Waals surface area contributed by atoms with Crippen LogP contribution in [0.25, 0.3) is 10.7 Å². The molecule has 0 aliphatic heterocycles. The van der Waals surface area contributed by atoms with Crippen molar-refractivity contribution in [2.24, 2.45) is 0 Å². The smallest absolute Gasteiger partial charge is 0.263 e. The molecule has 3 aromatic rings. The molecule has 122 valence electrons. The second kappa shape index (κ2) is 7.30. The maximum absolute atomic E-state index is 12.4. The van der Waals surface area contributed by atoms with Gasteiger partial charge in [-0.1, -0.05) is 35.3 Å². The van der Waals surface area contributed by atoms with Crippen LogP contribution in [-0.4, -0.2) is 15.9 Å². The van der Waals surface area contributed by atoms with Crippen LogP contribution in [0.15, 0.2) is 42.6 Å². The van der Waals surface area contributed by atoms with Gasteiger partial charge in [0.2, 0.25) is 0 Å². The van der Waals surface area contributed by atoms with Gasteiger partial charge >= 0.3 is 0 Å². The van der Waals surface area contributed by atoms with Gasteiger partial charge in [-0.15, -0.1) is 11.3 Å². The maximum Gasteiger partial charge on any atom is 0.263 e. The number of rotatable bonds is 4. The van der Waals surface area contributed by atoms with Gasteiger partial charge in [-0.25, -0.2) is 4.98 Å². The minimum absolute atomic E-state index is 0.182. The van der Waals surface area contributed by atoms with Gasteiger partial charge in [0.1, 0.15) is 9.88 Å². The number of pyridine rings is 1. The molecule has 0 saturated carbocycles. The number of thiazole rings is 1. The molecule has 0 unspecified atom stereocenters. The van der Waals surface area contributed by atoms with Crippen molar-refractivity contribution in [1.29, 1.82) is 0 Å². The fraction of sp³-hybridized carbons (Fsp3) is 0.118. The first-order valence-corrected chi connectivity index (χ1v) is 8.73. The summed E-state index contributed by atoms with van der Waals surface area (Å²) < 4.78 is 0. The Morgan fingerprint density at radius 2 is 2.08 bits per heavy atom. The number of nitrogens with one attached hydrogen (secondary N) is 1. The highest BCUT2D eigenvalue weighted by atomic mass is 35.5. The molecule has 0 fully saturated rings. The molecule has 0 aliphatic carbocycles. The van der Waals surface area contributed by atoms with E-state index in [1.54, 1.807) is 24.4 Å². The summed E-state index contributed by atoms with van der Waals surface area (Å²) in [6, 6.07) is 10.8. The minimum Gasteiger partial charge on any atom is -0.347 e. The summed E-state index contributed by atoms with van der Waals surface area (Å²) in [5.74, 6) is -0.182. The molecular weight excluding hydrogens is 365 g/mol. The Labute approximate surface area is 153 Å². The van der Waals surface area contributed by atoms with Crippen molar-refractivity contribution in [2.45, 2.75) is 13.5 Å². The van der Waals surface area contributed by atoms with Crippen molar-refractivity contribution in [3.05, 3.63) is 68.8 Å². The number of amides is 1. The van der Waals surface area contributed by atoms with E-state index in [-0.39, 0.29) is 5.91 Å². The van der Waals surface area contributed by atoms with Crippen LogP contribution in [0.2, 0.25) is 10.0 Å². The lowest BCUT2D eigenvalue weighted by Gasteiger charge is -2.06. The second-order valence-electron chi connectivity index (χ2n) is 5.07. The number of carbonyl (C=O) groups excluding carboxylic acids is 1. The molecule has 0 bridgehead atoms. The standard InChI is InChI=1S/C17H13Cl2N3OS/c1-10-15(24-17(22-10)14-4-2-3-7-20-14)16(23)21-9-11-5-6-12(18)8-13(11)19/h2-8H,9H2,1H3,(H,21,23). The normalized spacial score (nSPS) is 10.6. The van der Waals surface area contributed by atoms with Crippen molar-refractivity contribution in [2.75, 3.05) is 0 Å². The topological polar surface area (TPSA) is 54.9 Å². The van der Waals surface area contributed by atoms with Gasteiger partial charge in [0.05, 0.1) is 11.4 Å². The van der Waals surface area contributed by atoms with E-state index in [1.165, 1.54) is 11.3 Å². The molecule has 2 heterocycles. The predicted molar refractivity (Wildman–Crippen MR) is 97.7 cm³/mol. The number of benzene rings is 1. The van der Waals surface area contributed by atoms with Gasteiger partial charge in [0.25, 0.3) is 5.91 Å². The van der Waals surface area contributed by atoms with Gasteiger partial charge < -0.3 is 5.32 Å². The van der Waals surface area contributed by atoms with Crippen LogP contribution in [0.3, 0.4) is 0 Å². The molecule has 1 amide bonds. The number of hydrogen-bond acceptors (Lipinski definition) is 4. The third-order valence-electron chi connectivity index (χ3n) is 3.34. The van der Waals surface area contributed by atoms with Crippen LogP contribution in [0, 0.1) is 6.92 Å². The Balaban J connectivity index is 1.75. The Kier molecular flexibility index (Phi) is 5.14. The molecule has 0 atom stereocenters. The molecule has 1 aromatic carbocycles.